The normalized spacial score (nSPS) is 12.5. The summed E-state index contributed by atoms with van der Waals surface area (Å²) in [4.78, 5) is 23.3. The number of carboxylic acids is 1. The Morgan fingerprint density at radius 3 is 2.23 bits per heavy atom. The number of aliphatic carboxylic acids is 1. The van der Waals surface area contributed by atoms with Gasteiger partial charge in [-0.3, -0.25) is 9.59 Å². The van der Waals surface area contributed by atoms with E-state index in [0.29, 0.717) is 18.8 Å². The molecule has 26 heavy (non-hydrogen) atoms. The van der Waals surface area contributed by atoms with Crippen LogP contribution in [0.4, 0.5) is 0 Å². The molecule has 1 N–H and O–H groups in total. The quantitative estimate of drug-likeness (QED) is 0.477. The maximum atomic E-state index is 11.9. The third-order valence-corrected chi connectivity index (χ3v) is 3.74. The van der Waals surface area contributed by atoms with Crippen molar-refractivity contribution in [2.45, 2.75) is 52.1 Å². The summed E-state index contributed by atoms with van der Waals surface area (Å²) in [5.74, 6) is -1.59. The van der Waals surface area contributed by atoms with Crippen LogP contribution in [0.2, 0.25) is 0 Å². The van der Waals surface area contributed by atoms with Crippen LogP contribution in [0.25, 0.3) is 0 Å². The number of carbonyl (C=O) groups excluding carboxylic acids is 1. The highest BCUT2D eigenvalue weighted by atomic mass is 16.5. The lowest BCUT2D eigenvalue weighted by atomic mass is 9.96. The Labute approximate surface area is 155 Å². The number of rotatable bonds is 11. The zero-order chi connectivity index (χ0) is 19.6. The first-order chi connectivity index (χ1) is 12.2. The second-order valence-corrected chi connectivity index (χ2v) is 7.18. The average Bonchev–Trinajstić information content (AvgIpc) is 2.57. The lowest BCUT2D eigenvalue weighted by Crippen LogP contribution is -2.22. The van der Waals surface area contributed by atoms with Gasteiger partial charge in [-0.15, -0.1) is 0 Å². The molecule has 6 nitrogen and oxygen atoms in total. The third-order valence-electron chi connectivity index (χ3n) is 3.74. The van der Waals surface area contributed by atoms with Gasteiger partial charge in [0.15, 0.2) is 0 Å². The van der Waals surface area contributed by atoms with E-state index in [1.807, 2.05) is 20.8 Å². The van der Waals surface area contributed by atoms with Gasteiger partial charge in [0, 0.05) is 6.61 Å². The molecule has 1 atom stereocenters. The molecule has 0 bridgehead atoms. The van der Waals surface area contributed by atoms with Gasteiger partial charge in [-0.1, -0.05) is 12.1 Å². The Morgan fingerprint density at radius 2 is 1.69 bits per heavy atom. The van der Waals surface area contributed by atoms with Gasteiger partial charge >= 0.3 is 11.9 Å². The molecule has 0 amide bonds. The molecule has 6 heteroatoms. The van der Waals surface area contributed by atoms with Crippen LogP contribution in [0.15, 0.2) is 24.3 Å². The highest BCUT2D eigenvalue weighted by Gasteiger charge is 2.22. The SMILES string of the molecule is COc1ccc(CC(CC(=O)OCCCCOC(C)(C)C)C(=O)O)cc1. The first kappa shape index (κ1) is 22.0. The Bertz CT molecular complexity index is 559. The molecule has 0 fully saturated rings. The fourth-order valence-corrected chi connectivity index (χ4v) is 2.32. The van der Waals surface area contributed by atoms with Gasteiger partial charge in [-0.2, -0.15) is 0 Å². The summed E-state index contributed by atoms with van der Waals surface area (Å²) < 4.78 is 15.8. The number of hydrogen-bond acceptors (Lipinski definition) is 5. The van der Waals surface area contributed by atoms with Gasteiger partial charge in [0.25, 0.3) is 0 Å². The summed E-state index contributed by atoms with van der Waals surface area (Å²) in [5.41, 5.74) is 0.664. The molecule has 0 saturated carbocycles. The number of unbranched alkanes of at least 4 members (excludes halogenated alkanes) is 1. The smallest absolute Gasteiger partial charge is 0.307 e. The van der Waals surface area contributed by atoms with Crippen molar-refractivity contribution in [1.29, 1.82) is 0 Å². The summed E-state index contributed by atoms with van der Waals surface area (Å²) in [6.45, 7) is 6.85. The Kier molecular flexibility index (Phi) is 9.13. The molecule has 1 aromatic rings. The molecule has 0 aliphatic rings. The average molecular weight is 366 g/mol. The first-order valence-electron chi connectivity index (χ1n) is 8.86. The maximum Gasteiger partial charge on any atom is 0.307 e. The van der Waals surface area contributed by atoms with Gasteiger partial charge in [-0.05, 0) is 57.7 Å². The van der Waals surface area contributed by atoms with Crippen molar-refractivity contribution in [1.82, 2.24) is 0 Å². The largest absolute Gasteiger partial charge is 0.497 e. The molecule has 0 heterocycles. The minimum absolute atomic E-state index is 0.139. The van der Waals surface area contributed by atoms with Crippen molar-refractivity contribution in [2.24, 2.45) is 5.92 Å². The van der Waals surface area contributed by atoms with Crippen LogP contribution in [-0.4, -0.2) is 43.0 Å². The maximum absolute atomic E-state index is 11.9. The van der Waals surface area contributed by atoms with Crippen LogP contribution in [0.1, 0.15) is 45.6 Å². The van der Waals surface area contributed by atoms with Gasteiger partial charge in [-0.25, -0.2) is 0 Å². The summed E-state index contributed by atoms with van der Waals surface area (Å²) in [7, 11) is 1.57. The number of esters is 1. The summed E-state index contributed by atoms with van der Waals surface area (Å²) in [6.07, 6.45) is 1.62. The van der Waals surface area contributed by atoms with E-state index in [1.165, 1.54) is 0 Å². The molecule has 0 aliphatic carbocycles. The van der Waals surface area contributed by atoms with Crippen LogP contribution in [0.5, 0.6) is 5.75 Å². The van der Waals surface area contributed by atoms with Crippen LogP contribution >= 0.6 is 0 Å². The molecule has 0 aromatic heterocycles. The molecular formula is C20H30O6. The minimum Gasteiger partial charge on any atom is -0.497 e. The van der Waals surface area contributed by atoms with Gasteiger partial charge < -0.3 is 19.3 Å². The van der Waals surface area contributed by atoms with Crippen molar-refractivity contribution in [2.75, 3.05) is 20.3 Å². The van der Waals surface area contributed by atoms with E-state index in [2.05, 4.69) is 0 Å². The van der Waals surface area contributed by atoms with E-state index < -0.39 is 17.9 Å². The van der Waals surface area contributed by atoms with Crippen LogP contribution < -0.4 is 4.74 Å². The zero-order valence-electron chi connectivity index (χ0n) is 16.1. The summed E-state index contributed by atoms with van der Waals surface area (Å²) in [5, 5.41) is 9.35. The highest BCUT2D eigenvalue weighted by molar-refractivity contribution is 5.79. The van der Waals surface area contributed by atoms with Gasteiger partial charge in [0.1, 0.15) is 5.75 Å². The van der Waals surface area contributed by atoms with E-state index in [9.17, 15) is 14.7 Å². The highest BCUT2D eigenvalue weighted by Crippen LogP contribution is 2.17. The molecule has 0 aliphatic heterocycles. The fourth-order valence-electron chi connectivity index (χ4n) is 2.32. The molecular weight excluding hydrogens is 336 g/mol. The van der Waals surface area contributed by atoms with Crippen LogP contribution in [0.3, 0.4) is 0 Å². The number of carbonyl (C=O) groups is 2. The Morgan fingerprint density at radius 1 is 1.08 bits per heavy atom. The third kappa shape index (κ3) is 9.42. The molecule has 0 radical (unpaired) electrons. The fraction of sp³-hybridized carbons (Fsp3) is 0.600. The lowest BCUT2D eigenvalue weighted by molar-refractivity contribution is -0.151. The Hall–Kier alpha value is -2.08. The van der Waals surface area contributed by atoms with Crippen molar-refractivity contribution in [3.63, 3.8) is 0 Å². The second-order valence-electron chi connectivity index (χ2n) is 7.18. The molecule has 146 valence electrons. The number of methoxy groups -OCH3 is 1. The van der Waals surface area contributed by atoms with Crippen molar-refractivity contribution < 1.29 is 28.9 Å². The standard InChI is InChI=1S/C20H30O6/c1-20(2,3)26-12-6-5-11-25-18(21)14-16(19(22)23)13-15-7-9-17(24-4)10-8-15/h7-10,16H,5-6,11-14H2,1-4H3,(H,22,23). The lowest BCUT2D eigenvalue weighted by Gasteiger charge is -2.19. The van der Waals surface area contributed by atoms with E-state index in [-0.39, 0.29) is 25.0 Å². The first-order valence-corrected chi connectivity index (χ1v) is 8.86. The number of benzene rings is 1. The van der Waals surface area contributed by atoms with Crippen LogP contribution in [-0.2, 0) is 25.5 Å². The molecule has 1 aromatic carbocycles. The number of hydrogen-bond donors (Lipinski definition) is 1. The topological polar surface area (TPSA) is 82.1 Å². The molecule has 0 saturated heterocycles. The van der Waals surface area contributed by atoms with Crippen molar-refractivity contribution in [3.8, 4) is 5.75 Å². The predicted molar refractivity (Wildman–Crippen MR) is 98.3 cm³/mol. The van der Waals surface area contributed by atoms with E-state index in [1.54, 1.807) is 31.4 Å². The summed E-state index contributed by atoms with van der Waals surface area (Å²) >= 11 is 0. The molecule has 0 spiro atoms. The van der Waals surface area contributed by atoms with Crippen LogP contribution in [0, 0.1) is 5.92 Å². The number of ether oxygens (including phenoxy) is 3. The second kappa shape index (κ2) is 10.8. The summed E-state index contributed by atoms with van der Waals surface area (Å²) in [6, 6.07) is 7.14. The van der Waals surface area contributed by atoms with E-state index in [4.69, 9.17) is 14.2 Å². The zero-order valence-corrected chi connectivity index (χ0v) is 16.1. The van der Waals surface area contributed by atoms with E-state index >= 15 is 0 Å². The minimum atomic E-state index is -1.00. The van der Waals surface area contributed by atoms with Crippen molar-refractivity contribution >= 4 is 11.9 Å². The molecule has 1 rings (SSSR count). The van der Waals surface area contributed by atoms with Gasteiger partial charge in [0.05, 0.1) is 31.7 Å². The number of carboxylic acid groups (broad SMARTS) is 1. The van der Waals surface area contributed by atoms with Gasteiger partial charge in [0.2, 0.25) is 0 Å². The van der Waals surface area contributed by atoms with Crippen molar-refractivity contribution in [3.05, 3.63) is 29.8 Å². The predicted octanol–water partition coefficient (Wildman–Crippen LogP) is 3.47. The van der Waals surface area contributed by atoms with E-state index in [0.717, 1.165) is 12.0 Å². The molecule has 1 unspecified atom stereocenters. The Balaban J connectivity index is 2.34. The monoisotopic (exact) mass is 366 g/mol.